The molecule has 1 atom stereocenters. The van der Waals surface area contributed by atoms with E-state index in [2.05, 4.69) is 0 Å². The molecule has 66 valence electrons. The minimum absolute atomic E-state index is 0.184. The molecule has 0 aromatic rings. The van der Waals surface area contributed by atoms with Crippen molar-refractivity contribution in [1.29, 1.82) is 0 Å². The van der Waals surface area contributed by atoms with Gasteiger partial charge in [-0.15, -0.1) is 0 Å². The Hall–Kier alpha value is -0.860. The molecule has 2 aliphatic rings. The van der Waals surface area contributed by atoms with E-state index in [1.54, 1.807) is 0 Å². The van der Waals surface area contributed by atoms with Gasteiger partial charge in [0.1, 0.15) is 5.78 Å². The standard InChI is InChI=1S/C9H13NO2/c11-8-3-4-9(12)10-5-1-2-7(10)6-8/h7H,1-6H2. The molecule has 2 rings (SSSR count). The van der Waals surface area contributed by atoms with Crippen LogP contribution in [0.4, 0.5) is 0 Å². The second-order valence-corrected chi connectivity index (χ2v) is 3.63. The molecular formula is C9H13NO2. The van der Waals surface area contributed by atoms with E-state index >= 15 is 0 Å². The summed E-state index contributed by atoms with van der Waals surface area (Å²) in [7, 11) is 0. The van der Waals surface area contributed by atoms with Crippen molar-refractivity contribution >= 4 is 11.7 Å². The second-order valence-electron chi connectivity index (χ2n) is 3.63. The van der Waals surface area contributed by atoms with Gasteiger partial charge in [0.25, 0.3) is 0 Å². The fraction of sp³-hybridized carbons (Fsp3) is 0.778. The molecule has 3 nitrogen and oxygen atoms in total. The van der Waals surface area contributed by atoms with Gasteiger partial charge >= 0.3 is 0 Å². The lowest BCUT2D eigenvalue weighted by molar-refractivity contribution is -0.131. The molecule has 2 saturated heterocycles. The monoisotopic (exact) mass is 167 g/mol. The molecule has 2 heterocycles. The summed E-state index contributed by atoms with van der Waals surface area (Å²) in [6.07, 6.45) is 3.61. The van der Waals surface area contributed by atoms with Crippen LogP contribution < -0.4 is 0 Å². The highest BCUT2D eigenvalue weighted by atomic mass is 16.2. The first-order valence-electron chi connectivity index (χ1n) is 4.58. The first-order chi connectivity index (χ1) is 5.77. The summed E-state index contributed by atoms with van der Waals surface area (Å²) >= 11 is 0. The molecule has 1 unspecified atom stereocenters. The molecule has 0 N–H and O–H groups in total. The van der Waals surface area contributed by atoms with Crippen molar-refractivity contribution < 1.29 is 9.59 Å². The largest absolute Gasteiger partial charge is 0.339 e. The minimum atomic E-state index is 0.184. The van der Waals surface area contributed by atoms with Gasteiger partial charge in [0.2, 0.25) is 5.91 Å². The molecule has 3 heteroatoms. The van der Waals surface area contributed by atoms with Crippen molar-refractivity contribution in [3.05, 3.63) is 0 Å². The lowest BCUT2D eigenvalue weighted by Crippen LogP contribution is -2.33. The minimum Gasteiger partial charge on any atom is -0.339 e. The molecule has 0 saturated carbocycles. The number of nitrogens with zero attached hydrogens (tertiary/aromatic N) is 1. The van der Waals surface area contributed by atoms with Crippen LogP contribution in [0, 0.1) is 0 Å². The van der Waals surface area contributed by atoms with E-state index in [1.165, 1.54) is 0 Å². The smallest absolute Gasteiger partial charge is 0.223 e. The first-order valence-corrected chi connectivity index (χ1v) is 4.58. The Kier molecular flexibility index (Phi) is 1.87. The average Bonchev–Trinajstić information content (AvgIpc) is 2.44. The maximum Gasteiger partial charge on any atom is 0.223 e. The van der Waals surface area contributed by atoms with Gasteiger partial charge in [-0.1, -0.05) is 0 Å². The highest BCUT2D eigenvalue weighted by Crippen LogP contribution is 2.24. The number of hydrogen-bond acceptors (Lipinski definition) is 2. The Morgan fingerprint density at radius 2 is 2.08 bits per heavy atom. The fourth-order valence-electron chi connectivity index (χ4n) is 2.13. The Bertz CT molecular complexity index is 225. The summed E-state index contributed by atoms with van der Waals surface area (Å²) in [5.74, 6) is 0.445. The number of Topliss-reactive ketones (excluding diaryl/α,β-unsaturated/α-hetero) is 1. The van der Waals surface area contributed by atoms with Crippen LogP contribution in [-0.4, -0.2) is 29.2 Å². The summed E-state index contributed by atoms with van der Waals surface area (Å²) in [5, 5.41) is 0. The van der Waals surface area contributed by atoms with Gasteiger partial charge in [0.05, 0.1) is 0 Å². The number of carbonyl (C=O) groups is 2. The topological polar surface area (TPSA) is 37.4 Å². The summed E-state index contributed by atoms with van der Waals surface area (Å²) in [6.45, 7) is 0.872. The molecule has 0 aliphatic carbocycles. The molecule has 0 aromatic carbocycles. The lowest BCUT2D eigenvalue weighted by Gasteiger charge is -2.20. The second kappa shape index (κ2) is 2.88. The van der Waals surface area contributed by atoms with Gasteiger partial charge in [0, 0.05) is 31.8 Å². The zero-order valence-corrected chi connectivity index (χ0v) is 7.08. The summed E-state index contributed by atoms with van der Waals surface area (Å²) in [6, 6.07) is 0.243. The predicted molar refractivity (Wildman–Crippen MR) is 43.6 cm³/mol. The van der Waals surface area contributed by atoms with Crippen LogP contribution in [0.2, 0.25) is 0 Å². The van der Waals surface area contributed by atoms with E-state index < -0.39 is 0 Å². The maximum absolute atomic E-state index is 11.4. The van der Waals surface area contributed by atoms with Crippen molar-refractivity contribution in [2.75, 3.05) is 6.54 Å². The van der Waals surface area contributed by atoms with Crippen LogP contribution in [0.15, 0.2) is 0 Å². The molecule has 2 aliphatic heterocycles. The SMILES string of the molecule is O=C1CCC(=O)N2CCCC2C1. The van der Waals surface area contributed by atoms with E-state index in [0.717, 1.165) is 19.4 Å². The summed E-state index contributed by atoms with van der Waals surface area (Å²) in [5.41, 5.74) is 0. The quantitative estimate of drug-likeness (QED) is 0.533. The molecule has 0 bridgehead atoms. The Labute approximate surface area is 71.7 Å². The van der Waals surface area contributed by atoms with Gasteiger partial charge in [-0.3, -0.25) is 9.59 Å². The van der Waals surface area contributed by atoms with Crippen molar-refractivity contribution in [3.8, 4) is 0 Å². The third-order valence-electron chi connectivity index (χ3n) is 2.78. The van der Waals surface area contributed by atoms with Gasteiger partial charge in [-0.25, -0.2) is 0 Å². The van der Waals surface area contributed by atoms with Crippen LogP contribution in [-0.2, 0) is 9.59 Å². The fourth-order valence-corrected chi connectivity index (χ4v) is 2.13. The van der Waals surface area contributed by atoms with Crippen LogP contribution in [0.25, 0.3) is 0 Å². The van der Waals surface area contributed by atoms with E-state index in [4.69, 9.17) is 0 Å². The Morgan fingerprint density at radius 3 is 2.92 bits per heavy atom. The maximum atomic E-state index is 11.4. The van der Waals surface area contributed by atoms with Crippen LogP contribution >= 0.6 is 0 Å². The molecule has 2 fully saturated rings. The Balaban J connectivity index is 2.15. The van der Waals surface area contributed by atoms with E-state index in [0.29, 0.717) is 19.3 Å². The van der Waals surface area contributed by atoms with Crippen LogP contribution in [0.1, 0.15) is 32.1 Å². The number of fused-ring (bicyclic) bond motifs is 1. The van der Waals surface area contributed by atoms with Gasteiger partial charge in [-0.05, 0) is 12.8 Å². The highest BCUT2D eigenvalue weighted by molar-refractivity contribution is 5.88. The normalized spacial score (nSPS) is 30.3. The number of carbonyl (C=O) groups excluding carboxylic acids is 2. The number of hydrogen-bond donors (Lipinski definition) is 0. The van der Waals surface area contributed by atoms with Crippen molar-refractivity contribution in [1.82, 2.24) is 4.90 Å². The first kappa shape index (κ1) is 7.77. The third-order valence-corrected chi connectivity index (χ3v) is 2.78. The number of rotatable bonds is 0. The molecule has 0 aromatic heterocycles. The van der Waals surface area contributed by atoms with Crippen LogP contribution in [0.3, 0.4) is 0 Å². The molecular weight excluding hydrogens is 154 g/mol. The molecule has 0 radical (unpaired) electrons. The molecule has 1 amide bonds. The summed E-state index contributed by atoms with van der Waals surface area (Å²) < 4.78 is 0. The number of amides is 1. The van der Waals surface area contributed by atoms with E-state index in [9.17, 15) is 9.59 Å². The van der Waals surface area contributed by atoms with Gasteiger partial charge in [0.15, 0.2) is 0 Å². The average molecular weight is 167 g/mol. The zero-order chi connectivity index (χ0) is 8.55. The lowest BCUT2D eigenvalue weighted by atomic mass is 10.1. The van der Waals surface area contributed by atoms with Gasteiger partial charge < -0.3 is 4.90 Å². The van der Waals surface area contributed by atoms with E-state index in [-0.39, 0.29) is 17.7 Å². The number of ketones is 1. The zero-order valence-electron chi connectivity index (χ0n) is 7.08. The van der Waals surface area contributed by atoms with Gasteiger partial charge in [-0.2, -0.15) is 0 Å². The predicted octanol–water partition coefficient (Wildman–Crippen LogP) is 0.730. The van der Waals surface area contributed by atoms with Crippen molar-refractivity contribution in [3.63, 3.8) is 0 Å². The van der Waals surface area contributed by atoms with E-state index in [1.807, 2.05) is 4.90 Å². The molecule has 0 spiro atoms. The summed E-state index contributed by atoms with van der Waals surface area (Å²) in [4.78, 5) is 24.5. The van der Waals surface area contributed by atoms with Crippen molar-refractivity contribution in [2.45, 2.75) is 38.1 Å². The van der Waals surface area contributed by atoms with Crippen LogP contribution in [0.5, 0.6) is 0 Å². The molecule has 12 heavy (non-hydrogen) atoms. The van der Waals surface area contributed by atoms with Crippen molar-refractivity contribution in [2.24, 2.45) is 0 Å². The Morgan fingerprint density at radius 1 is 1.25 bits per heavy atom. The third kappa shape index (κ3) is 1.24. The highest BCUT2D eigenvalue weighted by Gasteiger charge is 2.32.